The Labute approximate surface area is 174 Å². The molecule has 0 unspecified atom stereocenters. The highest BCUT2D eigenvalue weighted by atomic mass is 16.3. The molecule has 5 aromatic rings. The van der Waals surface area contributed by atoms with Crippen LogP contribution in [0.15, 0.2) is 83.3 Å². The first kappa shape index (κ1) is 18.1. The first-order valence-corrected chi connectivity index (χ1v) is 9.86. The summed E-state index contributed by atoms with van der Waals surface area (Å²) in [6.45, 7) is 3.96. The Morgan fingerprint density at radius 3 is 2.60 bits per heavy atom. The summed E-state index contributed by atoms with van der Waals surface area (Å²) in [5, 5.41) is 5.20. The quantitative estimate of drug-likeness (QED) is 0.380. The molecular formula is C26H20N2O2. The van der Waals surface area contributed by atoms with Crippen LogP contribution in [0.5, 0.6) is 0 Å². The number of aromatic nitrogens is 1. The highest BCUT2D eigenvalue weighted by Crippen LogP contribution is 2.31. The van der Waals surface area contributed by atoms with Gasteiger partial charge < -0.3 is 9.73 Å². The van der Waals surface area contributed by atoms with Gasteiger partial charge in [-0.05, 0) is 60.5 Å². The molecule has 4 aromatic carbocycles. The van der Waals surface area contributed by atoms with E-state index in [1.54, 1.807) is 0 Å². The molecule has 0 aliphatic rings. The van der Waals surface area contributed by atoms with Gasteiger partial charge in [0.25, 0.3) is 5.91 Å². The molecule has 0 atom stereocenters. The Bertz CT molecular complexity index is 1410. The number of aryl methyl sites for hydroxylation is 2. The average molecular weight is 392 g/mol. The molecule has 0 saturated carbocycles. The van der Waals surface area contributed by atoms with E-state index in [1.165, 1.54) is 0 Å². The van der Waals surface area contributed by atoms with Gasteiger partial charge in [0.05, 0.1) is 0 Å². The first-order chi connectivity index (χ1) is 14.6. The number of carbonyl (C=O) groups excluding carboxylic acids is 1. The normalized spacial score (nSPS) is 11.1. The summed E-state index contributed by atoms with van der Waals surface area (Å²) < 4.78 is 6.02. The molecule has 0 saturated heterocycles. The number of nitrogens with zero attached hydrogens (tertiary/aromatic N) is 1. The lowest BCUT2D eigenvalue weighted by Crippen LogP contribution is -2.13. The minimum absolute atomic E-state index is 0.135. The number of nitrogens with one attached hydrogen (secondary N) is 1. The Morgan fingerprint density at radius 1 is 0.900 bits per heavy atom. The van der Waals surface area contributed by atoms with Crippen LogP contribution >= 0.6 is 0 Å². The number of fused-ring (bicyclic) bond motifs is 2. The molecule has 4 nitrogen and oxygen atoms in total. The topological polar surface area (TPSA) is 55.1 Å². The van der Waals surface area contributed by atoms with Crippen molar-refractivity contribution in [2.24, 2.45) is 0 Å². The van der Waals surface area contributed by atoms with Crippen molar-refractivity contribution in [3.05, 3.63) is 95.6 Å². The van der Waals surface area contributed by atoms with Gasteiger partial charge in [-0.3, -0.25) is 4.79 Å². The van der Waals surface area contributed by atoms with Gasteiger partial charge >= 0.3 is 0 Å². The molecule has 1 aromatic heterocycles. The second kappa shape index (κ2) is 7.16. The van der Waals surface area contributed by atoms with E-state index < -0.39 is 0 Å². The fraction of sp³-hybridized carbons (Fsp3) is 0.0769. The van der Waals surface area contributed by atoms with E-state index >= 15 is 0 Å². The zero-order valence-corrected chi connectivity index (χ0v) is 16.8. The van der Waals surface area contributed by atoms with Crippen molar-refractivity contribution < 1.29 is 9.21 Å². The van der Waals surface area contributed by atoms with Gasteiger partial charge in [0.1, 0.15) is 5.52 Å². The van der Waals surface area contributed by atoms with E-state index in [2.05, 4.69) is 28.5 Å². The predicted molar refractivity (Wildman–Crippen MR) is 121 cm³/mol. The van der Waals surface area contributed by atoms with E-state index in [0.29, 0.717) is 28.2 Å². The van der Waals surface area contributed by atoms with Crippen molar-refractivity contribution in [1.82, 2.24) is 4.98 Å². The Balaban J connectivity index is 1.49. The van der Waals surface area contributed by atoms with Gasteiger partial charge in [0, 0.05) is 16.8 Å². The third kappa shape index (κ3) is 3.22. The summed E-state index contributed by atoms with van der Waals surface area (Å²) in [4.78, 5) is 17.4. The summed E-state index contributed by atoms with van der Waals surface area (Å²) >= 11 is 0. The number of benzene rings is 4. The standard InChI is InChI=1S/C26H20N2O2/c1-16-10-12-20(17(2)14-16)25(29)27-19-11-13-24-23(15-19)28-26(30-24)22-9-5-7-18-6-3-4-8-21(18)22/h3-15H,1-2H3,(H,27,29). The van der Waals surface area contributed by atoms with Crippen molar-refractivity contribution in [3.63, 3.8) is 0 Å². The maximum absolute atomic E-state index is 12.7. The maximum Gasteiger partial charge on any atom is 0.255 e. The van der Waals surface area contributed by atoms with Crippen molar-refractivity contribution >= 4 is 33.5 Å². The summed E-state index contributed by atoms with van der Waals surface area (Å²) in [6.07, 6.45) is 0. The van der Waals surface area contributed by atoms with Crippen molar-refractivity contribution in [2.45, 2.75) is 13.8 Å². The van der Waals surface area contributed by atoms with E-state index in [-0.39, 0.29) is 5.91 Å². The molecular weight excluding hydrogens is 372 g/mol. The third-order valence-corrected chi connectivity index (χ3v) is 5.29. The number of oxazole rings is 1. The van der Waals surface area contributed by atoms with Crippen LogP contribution in [0, 0.1) is 13.8 Å². The summed E-state index contributed by atoms with van der Waals surface area (Å²) in [7, 11) is 0. The lowest BCUT2D eigenvalue weighted by molar-refractivity contribution is 0.102. The molecule has 146 valence electrons. The molecule has 0 bridgehead atoms. The molecule has 5 rings (SSSR count). The highest BCUT2D eigenvalue weighted by molar-refractivity contribution is 6.06. The number of amides is 1. The number of anilines is 1. The molecule has 0 aliphatic carbocycles. The molecule has 0 aliphatic heterocycles. The Hall–Kier alpha value is -3.92. The van der Waals surface area contributed by atoms with Gasteiger partial charge in [0.2, 0.25) is 5.89 Å². The second-order valence-electron chi connectivity index (χ2n) is 7.50. The number of hydrogen-bond donors (Lipinski definition) is 1. The highest BCUT2D eigenvalue weighted by Gasteiger charge is 2.13. The van der Waals surface area contributed by atoms with Crippen molar-refractivity contribution in [1.29, 1.82) is 0 Å². The van der Waals surface area contributed by atoms with Crippen LogP contribution in [0.25, 0.3) is 33.3 Å². The second-order valence-corrected chi connectivity index (χ2v) is 7.50. The first-order valence-electron chi connectivity index (χ1n) is 9.86. The lowest BCUT2D eigenvalue weighted by Gasteiger charge is -2.08. The summed E-state index contributed by atoms with van der Waals surface area (Å²) in [5.74, 6) is 0.435. The summed E-state index contributed by atoms with van der Waals surface area (Å²) in [5.41, 5.74) is 5.77. The molecule has 0 radical (unpaired) electrons. The van der Waals surface area contributed by atoms with E-state index in [9.17, 15) is 4.79 Å². The number of hydrogen-bond acceptors (Lipinski definition) is 3. The molecule has 1 N–H and O–H groups in total. The van der Waals surface area contributed by atoms with Gasteiger partial charge in [-0.1, -0.05) is 54.1 Å². The Kier molecular flexibility index (Phi) is 4.32. The average Bonchev–Trinajstić information content (AvgIpc) is 3.16. The number of rotatable bonds is 3. The van der Waals surface area contributed by atoms with Crippen LogP contribution in [-0.2, 0) is 0 Å². The van der Waals surface area contributed by atoms with E-state index in [4.69, 9.17) is 4.42 Å². The fourth-order valence-corrected chi connectivity index (χ4v) is 3.80. The van der Waals surface area contributed by atoms with E-state index in [0.717, 1.165) is 27.5 Å². The Morgan fingerprint density at radius 2 is 1.73 bits per heavy atom. The minimum Gasteiger partial charge on any atom is -0.436 e. The predicted octanol–water partition coefficient (Wildman–Crippen LogP) is 6.52. The molecule has 4 heteroatoms. The monoisotopic (exact) mass is 392 g/mol. The zero-order chi connectivity index (χ0) is 20.7. The van der Waals surface area contributed by atoms with E-state index in [1.807, 2.05) is 74.5 Å². The van der Waals surface area contributed by atoms with Gasteiger partial charge in [-0.15, -0.1) is 0 Å². The third-order valence-electron chi connectivity index (χ3n) is 5.29. The maximum atomic E-state index is 12.7. The summed E-state index contributed by atoms with van der Waals surface area (Å²) in [6, 6.07) is 25.6. The van der Waals surface area contributed by atoms with Crippen LogP contribution in [-0.4, -0.2) is 10.9 Å². The van der Waals surface area contributed by atoms with Crippen LogP contribution in [0.3, 0.4) is 0 Å². The van der Waals surface area contributed by atoms with Crippen molar-refractivity contribution in [3.8, 4) is 11.5 Å². The minimum atomic E-state index is -0.135. The largest absolute Gasteiger partial charge is 0.436 e. The molecule has 1 amide bonds. The molecule has 0 fully saturated rings. The SMILES string of the molecule is Cc1ccc(C(=O)Nc2ccc3oc(-c4cccc5ccccc45)nc3c2)c(C)c1. The van der Waals surface area contributed by atoms with Crippen LogP contribution < -0.4 is 5.32 Å². The molecule has 1 heterocycles. The smallest absolute Gasteiger partial charge is 0.255 e. The number of carbonyl (C=O) groups is 1. The van der Waals surface area contributed by atoms with Crippen LogP contribution in [0.2, 0.25) is 0 Å². The van der Waals surface area contributed by atoms with Gasteiger partial charge in [-0.2, -0.15) is 0 Å². The molecule has 30 heavy (non-hydrogen) atoms. The zero-order valence-electron chi connectivity index (χ0n) is 16.8. The van der Waals surface area contributed by atoms with Crippen LogP contribution in [0.4, 0.5) is 5.69 Å². The van der Waals surface area contributed by atoms with Gasteiger partial charge in [0.15, 0.2) is 5.58 Å². The van der Waals surface area contributed by atoms with Crippen LogP contribution in [0.1, 0.15) is 21.5 Å². The lowest BCUT2D eigenvalue weighted by atomic mass is 10.0. The van der Waals surface area contributed by atoms with Gasteiger partial charge in [-0.25, -0.2) is 4.98 Å². The fourth-order valence-electron chi connectivity index (χ4n) is 3.80. The molecule has 0 spiro atoms. The van der Waals surface area contributed by atoms with Crippen molar-refractivity contribution in [2.75, 3.05) is 5.32 Å².